The molecule has 3 heteroatoms. The standard InChI is InChI=1S/C12H15F2N/c1-15-10-4-2-8(6-10)9-3-5-11(13)12(14)7-9/h3,5,7-8,10,15H,2,4,6H2,1H3. The van der Waals surface area contributed by atoms with E-state index < -0.39 is 11.6 Å². The highest BCUT2D eigenvalue weighted by Crippen LogP contribution is 2.34. The number of hydrogen-bond donors (Lipinski definition) is 1. The Morgan fingerprint density at radius 2 is 2.00 bits per heavy atom. The van der Waals surface area contributed by atoms with Crippen LogP contribution in [0.15, 0.2) is 18.2 Å². The van der Waals surface area contributed by atoms with Gasteiger partial charge in [-0.15, -0.1) is 0 Å². The minimum absolute atomic E-state index is 0.373. The molecule has 2 atom stereocenters. The van der Waals surface area contributed by atoms with Crippen molar-refractivity contribution < 1.29 is 8.78 Å². The third-order valence-corrected chi connectivity index (χ3v) is 3.26. The third kappa shape index (κ3) is 2.17. The lowest BCUT2D eigenvalue weighted by atomic mass is 9.97. The van der Waals surface area contributed by atoms with E-state index in [-0.39, 0.29) is 0 Å². The van der Waals surface area contributed by atoms with Crippen molar-refractivity contribution in [2.24, 2.45) is 0 Å². The van der Waals surface area contributed by atoms with Gasteiger partial charge in [0.15, 0.2) is 11.6 Å². The van der Waals surface area contributed by atoms with Gasteiger partial charge in [0.05, 0.1) is 0 Å². The molecule has 1 aromatic carbocycles. The van der Waals surface area contributed by atoms with Crippen molar-refractivity contribution >= 4 is 0 Å². The first-order valence-corrected chi connectivity index (χ1v) is 5.33. The Balaban J connectivity index is 2.13. The molecule has 0 heterocycles. The maximum atomic E-state index is 13.0. The average molecular weight is 211 g/mol. The van der Waals surface area contributed by atoms with Crippen LogP contribution in [0.5, 0.6) is 0 Å². The summed E-state index contributed by atoms with van der Waals surface area (Å²) in [5.41, 5.74) is 0.923. The minimum Gasteiger partial charge on any atom is -0.317 e. The zero-order chi connectivity index (χ0) is 10.8. The fourth-order valence-corrected chi connectivity index (χ4v) is 2.31. The lowest BCUT2D eigenvalue weighted by Gasteiger charge is -2.11. The van der Waals surface area contributed by atoms with Crippen molar-refractivity contribution in [1.29, 1.82) is 0 Å². The van der Waals surface area contributed by atoms with Crippen molar-refractivity contribution in [1.82, 2.24) is 5.32 Å². The van der Waals surface area contributed by atoms with Crippen LogP contribution < -0.4 is 5.32 Å². The molecule has 2 unspecified atom stereocenters. The lowest BCUT2D eigenvalue weighted by Crippen LogP contribution is -2.21. The summed E-state index contributed by atoms with van der Waals surface area (Å²) in [5.74, 6) is -1.13. The molecule has 0 radical (unpaired) electrons. The van der Waals surface area contributed by atoms with E-state index in [1.165, 1.54) is 12.1 Å². The van der Waals surface area contributed by atoms with Crippen LogP contribution in [0.3, 0.4) is 0 Å². The smallest absolute Gasteiger partial charge is 0.159 e. The van der Waals surface area contributed by atoms with E-state index in [4.69, 9.17) is 0 Å². The van der Waals surface area contributed by atoms with Crippen LogP contribution in [0.4, 0.5) is 8.78 Å². The van der Waals surface area contributed by atoms with Gasteiger partial charge in [-0.1, -0.05) is 6.07 Å². The third-order valence-electron chi connectivity index (χ3n) is 3.26. The summed E-state index contributed by atoms with van der Waals surface area (Å²) in [6, 6.07) is 4.76. The van der Waals surface area contributed by atoms with Crippen molar-refractivity contribution in [2.45, 2.75) is 31.2 Å². The Morgan fingerprint density at radius 1 is 1.20 bits per heavy atom. The Morgan fingerprint density at radius 3 is 2.60 bits per heavy atom. The van der Waals surface area contributed by atoms with Gasteiger partial charge >= 0.3 is 0 Å². The first-order valence-electron chi connectivity index (χ1n) is 5.33. The van der Waals surface area contributed by atoms with Crippen LogP contribution in [-0.2, 0) is 0 Å². The van der Waals surface area contributed by atoms with Crippen molar-refractivity contribution in [2.75, 3.05) is 7.05 Å². The molecule has 0 aliphatic heterocycles. The lowest BCUT2D eigenvalue weighted by molar-refractivity contribution is 0.504. The monoisotopic (exact) mass is 211 g/mol. The number of nitrogens with one attached hydrogen (secondary N) is 1. The Bertz CT molecular complexity index is 351. The minimum atomic E-state index is -0.762. The molecule has 0 amide bonds. The number of rotatable bonds is 2. The van der Waals surface area contributed by atoms with Crippen LogP contribution in [0.2, 0.25) is 0 Å². The van der Waals surface area contributed by atoms with Gasteiger partial charge < -0.3 is 5.32 Å². The Hall–Kier alpha value is -0.960. The molecule has 2 rings (SSSR count). The molecule has 0 spiro atoms. The molecular formula is C12H15F2N. The quantitative estimate of drug-likeness (QED) is 0.793. The molecule has 1 aliphatic carbocycles. The highest BCUT2D eigenvalue weighted by molar-refractivity contribution is 5.23. The zero-order valence-corrected chi connectivity index (χ0v) is 8.76. The van der Waals surface area contributed by atoms with E-state index in [2.05, 4.69) is 5.32 Å². The molecule has 0 bridgehead atoms. The SMILES string of the molecule is CNC1CCC(c2ccc(F)c(F)c2)C1. The first-order chi connectivity index (χ1) is 7.20. The van der Waals surface area contributed by atoms with Crippen LogP contribution >= 0.6 is 0 Å². The summed E-state index contributed by atoms with van der Waals surface area (Å²) in [7, 11) is 1.94. The number of hydrogen-bond acceptors (Lipinski definition) is 1. The summed E-state index contributed by atoms with van der Waals surface area (Å²) in [6.07, 6.45) is 3.18. The normalized spacial score (nSPS) is 25.8. The number of benzene rings is 1. The second-order valence-electron chi connectivity index (χ2n) is 4.17. The molecule has 0 aromatic heterocycles. The topological polar surface area (TPSA) is 12.0 Å². The Labute approximate surface area is 88.5 Å². The maximum Gasteiger partial charge on any atom is 0.159 e. The maximum absolute atomic E-state index is 13.0. The zero-order valence-electron chi connectivity index (χ0n) is 8.76. The van der Waals surface area contributed by atoms with E-state index in [0.717, 1.165) is 24.8 Å². The van der Waals surface area contributed by atoms with Gasteiger partial charge in [0.2, 0.25) is 0 Å². The molecule has 1 saturated carbocycles. The van der Waals surface area contributed by atoms with Gasteiger partial charge in [-0.2, -0.15) is 0 Å². The molecule has 1 nitrogen and oxygen atoms in total. The van der Waals surface area contributed by atoms with Gasteiger partial charge in [0.25, 0.3) is 0 Å². The molecular weight excluding hydrogens is 196 g/mol. The van der Waals surface area contributed by atoms with Gasteiger partial charge in [-0.05, 0) is 49.9 Å². The largest absolute Gasteiger partial charge is 0.317 e. The van der Waals surface area contributed by atoms with Crippen LogP contribution in [0.1, 0.15) is 30.7 Å². The molecule has 1 N–H and O–H groups in total. The Kier molecular flexibility index (Phi) is 3.00. The van der Waals surface area contributed by atoms with Crippen LogP contribution in [-0.4, -0.2) is 13.1 Å². The van der Waals surface area contributed by atoms with Gasteiger partial charge in [0, 0.05) is 6.04 Å². The predicted octanol–water partition coefficient (Wildman–Crippen LogP) is 2.82. The van der Waals surface area contributed by atoms with E-state index in [0.29, 0.717) is 12.0 Å². The molecule has 82 valence electrons. The summed E-state index contributed by atoms with van der Waals surface area (Å²) in [6.45, 7) is 0. The average Bonchev–Trinajstić information content (AvgIpc) is 2.70. The molecule has 1 fully saturated rings. The number of halogens is 2. The van der Waals surface area contributed by atoms with Crippen LogP contribution in [0, 0.1) is 11.6 Å². The second-order valence-corrected chi connectivity index (χ2v) is 4.17. The van der Waals surface area contributed by atoms with Crippen LogP contribution in [0.25, 0.3) is 0 Å². The highest BCUT2D eigenvalue weighted by Gasteiger charge is 2.25. The molecule has 1 aromatic rings. The van der Waals surface area contributed by atoms with E-state index >= 15 is 0 Å². The van der Waals surface area contributed by atoms with Gasteiger partial charge in [0.1, 0.15) is 0 Å². The van der Waals surface area contributed by atoms with Crippen molar-refractivity contribution in [3.05, 3.63) is 35.4 Å². The van der Waals surface area contributed by atoms with E-state index in [1.54, 1.807) is 6.07 Å². The molecule has 1 aliphatic rings. The van der Waals surface area contributed by atoms with E-state index in [1.807, 2.05) is 7.05 Å². The fourth-order valence-electron chi connectivity index (χ4n) is 2.31. The fraction of sp³-hybridized carbons (Fsp3) is 0.500. The van der Waals surface area contributed by atoms with Gasteiger partial charge in [-0.25, -0.2) is 8.78 Å². The van der Waals surface area contributed by atoms with Crippen molar-refractivity contribution in [3.63, 3.8) is 0 Å². The summed E-state index contributed by atoms with van der Waals surface area (Å²) in [5, 5.41) is 3.22. The predicted molar refractivity (Wildman–Crippen MR) is 55.8 cm³/mol. The first kappa shape index (κ1) is 10.6. The summed E-state index contributed by atoms with van der Waals surface area (Å²) < 4.78 is 25.8. The molecule has 15 heavy (non-hydrogen) atoms. The van der Waals surface area contributed by atoms with Crippen molar-refractivity contribution in [3.8, 4) is 0 Å². The molecule has 0 saturated heterocycles. The summed E-state index contributed by atoms with van der Waals surface area (Å²) in [4.78, 5) is 0. The van der Waals surface area contributed by atoms with E-state index in [9.17, 15) is 8.78 Å². The summed E-state index contributed by atoms with van der Waals surface area (Å²) >= 11 is 0. The highest BCUT2D eigenvalue weighted by atomic mass is 19.2. The van der Waals surface area contributed by atoms with Gasteiger partial charge in [-0.3, -0.25) is 0 Å². The second kappa shape index (κ2) is 4.27.